The zero-order valence-electron chi connectivity index (χ0n) is 9.71. The van der Waals surface area contributed by atoms with E-state index in [1.165, 1.54) is 16.7 Å². The number of fused-ring (bicyclic) bond motifs is 1. The summed E-state index contributed by atoms with van der Waals surface area (Å²) in [5.74, 6) is -0.557. The van der Waals surface area contributed by atoms with Crippen molar-refractivity contribution in [3.8, 4) is 0 Å². The van der Waals surface area contributed by atoms with Crippen molar-refractivity contribution in [2.24, 2.45) is 5.92 Å². The number of thioether (sulfide) groups is 1. The maximum absolute atomic E-state index is 11.9. The van der Waals surface area contributed by atoms with Gasteiger partial charge in [0.2, 0.25) is 11.0 Å². The first-order chi connectivity index (χ1) is 7.99. The predicted octanol–water partition coefficient (Wildman–Crippen LogP) is 1.37. The van der Waals surface area contributed by atoms with Crippen molar-refractivity contribution in [1.29, 1.82) is 0 Å². The van der Waals surface area contributed by atoms with Gasteiger partial charge in [-0.25, -0.2) is 0 Å². The molecular weight excluding hydrogens is 258 g/mol. The molecule has 0 unspecified atom stereocenters. The van der Waals surface area contributed by atoms with Gasteiger partial charge in [-0.1, -0.05) is 26.0 Å². The molecule has 4 nitrogen and oxygen atoms in total. The number of amides is 1. The molecule has 2 aliphatic rings. The van der Waals surface area contributed by atoms with Crippen LogP contribution in [0, 0.1) is 5.92 Å². The number of aliphatic hydroxyl groups excluding tert-OH is 1. The van der Waals surface area contributed by atoms with E-state index in [1.54, 1.807) is 6.92 Å². The van der Waals surface area contributed by atoms with Crippen molar-refractivity contribution >= 4 is 35.4 Å². The van der Waals surface area contributed by atoms with E-state index in [4.69, 9.17) is 0 Å². The van der Waals surface area contributed by atoms with Crippen LogP contribution in [0.1, 0.15) is 26.7 Å². The maximum atomic E-state index is 11.9. The minimum atomic E-state index is -0.673. The molecule has 2 aliphatic heterocycles. The third-order valence-corrected chi connectivity index (χ3v) is 4.69. The van der Waals surface area contributed by atoms with Crippen LogP contribution in [-0.2, 0) is 9.59 Å². The molecule has 1 N–H and O–H groups in total. The van der Waals surface area contributed by atoms with Crippen LogP contribution in [0.4, 0.5) is 0 Å². The fourth-order valence-electron chi connectivity index (χ4n) is 2.26. The quantitative estimate of drug-likeness (QED) is 0.600. The minimum Gasteiger partial charge on any atom is -0.392 e. The Bertz CT molecular complexity index is 406. The standard InChI is InChI=1S/C11H15NO3S2/c1-3-4-6-8(11(15)16)12-9(14)7(5(2)13)10(12)17-6/h5,7,10,13H,3-4H2,1-2H3,(H,15,16)/t5-,7+,10+/m0/s1. The number of nitrogens with zero attached hydrogens (tertiary/aromatic N) is 1. The molecule has 0 aliphatic carbocycles. The van der Waals surface area contributed by atoms with Gasteiger partial charge < -0.3 is 5.11 Å². The predicted molar refractivity (Wildman–Crippen MR) is 69.3 cm³/mol. The molecule has 0 bridgehead atoms. The molecular formula is C11H15NO3S2. The highest BCUT2D eigenvalue weighted by molar-refractivity contribution is 8.04. The Morgan fingerprint density at radius 2 is 2.29 bits per heavy atom. The third kappa shape index (κ3) is 1.92. The van der Waals surface area contributed by atoms with Crippen molar-refractivity contribution in [1.82, 2.24) is 4.90 Å². The molecule has 0 radical (unpaired) electrons. The number of rotatable bonds is 4. The van der Waals surface area contributed by atoms with Gasteiger partial charge in [-0.3, -0.25) is 14.5 Å². The van der Waals surface area contributed by atoms with Crippen LogP contribution >= 0.6 is 24.4 Å². The van der Waals surface area contributed by atoms with Gasteiger partial charge in [-0.2, -0.15) is 0 Å². The van der Waals surface area contributed by atoms with Crippen molar-refractivity contribution < 1.29 is 14.7 Å². The summed E-state index contributed by atoms with van der Waals surface area (Å²) in [5, 5.41) is 9.07. The number of hydrogen-bond donors (Lipinski definition) is 2. The molecule has 0 spiro atoms. The summed E-state index contributed by atoms with van der Waals surface area (Å²) in [6.07, 6.45) is 1.02. The lowest BCUT2D eigenvalue weighted by Gasteiger charge is -2.43. The first-order valence-corrected chi connectivity index (χ1v) is 6.96. The first kappa shape index (κ1) is 13.0. The highest BCUT2D eigenvalue weighted by atomic mass is 32.2. The summed E-state index contributed by atoms with van der Waals surface area (Å²) in [7, 11) is 0. The lowest BCUT2D eigenvalue weighted by atomic mass is 9.92. The topological polar surface area (TPSA) is 57.6 Å². The average Bonchev–Trinajstić information content (AvgIpc) is 2.53. The van der Waals surface area contributed by atoms with E-state index < -0.39 is 12.0 Å². The van der Waals surface area contributed by atoms with Crippen molar-refractivity contribution in [3.63, 3.8) is 0 Å². The molecule has 0 aromatic carbocycles. The molecule has 6 heteroatoms. The summed E-state index contributed by atoms with van der Waals surface area (Å²) >= 11 is 5.35. The molecule has 2 heterocycles. The Balaban J connectivity index is 2.26. The number of carbonyl (C=O) groups is 2. The number of hydrogen-bond acceptors (Lipinski definition) is 4. The lowest BCUT2D eigenvalue weighted by Crippen LogP contribution is -2.60. The summed E-state index contributed by atoms with van der Waals surface area (Å²) in [5.41, 5.74) is 0.423. The largest absolute Gasteiger partial charge is 0.392 e. The first-order valence-electron chi connectivity index (χ1n) is 5.63. The molecule has 1 saturated heterocycles. The van der Waals surface area contributed by atoms with Gasteiger partial charge >= 0.3 is 0 Å². The fourth-order valence-corrected chi connectivity index (χ4v) is 4.30. The number of thiol groups is 1. The zero-order chi connectivity index (χ0) is 12.7. The molecule has 0 saturated carbocycles. The summed E-state index contributed by atoms with van der Waals surface area (Å²) in [6, 6.07) is 0. The van der Waals surface area contributed by atoms with Crippen LogP contribution in [-0.4, -0.2) is 32.5 Å². The van der Waals surface area contributed by atoms with Gasteiger partial charge in [0.05, 0.1) is 12.0 Å². The van der Waals surface area contributed by atoms with E-state index in [-0.39, 0.29) is 16.4 Å². The van der Waals surface area contributed by atoms with Gasteiger partial charge in [0.25, 0.3) is 0 Å². The molecule has 17 heavy (non-hydrogen) atoms. The van der Waals surface area contributed by atoms with E-state index in [9.17, 15) is 14.7 Å². The lowest BCUT2D eigenvalue weighted by molar-refractivity contribution is -0.153. The third-order valence-electron chi connectivity index (χ3n) is 3.05. The maximum Gasteiger partial charge on any atom is 0.236 e. The van der Waals surface area contributed by atoms with E-state index >= 15 is 0 Å². The monoisotopic (exact) mass is 273 g/mol. The molecule has 2 rings (SSSR count). The smallest absolute Gasteiger partial charge is 0.236 e. The van der Waals surface area contributed by atoms with E-state index in [2.05, 4.69) is 12.6 Å². The fraction of sp³-hybridized carbons (Fsp3) is 0.636. The van der Waals surface area contributed by atoms with Crippen LogP contribution in [0.15, 0.2) is 10.6 Å². The second-order valence-electron chi connectivity index (χ2n) is 4.31. The molecule has 1 fully saturated rings. The van der Waals surface area contributed by atoms with Crippen molar-refractivity contribution in [2.75, 3.05) is 0 Å². The number of carbonyl (C=O) groups excluding carboxylic acids is 2. The Labute approximate surface area is 110 Å². The van der Waals surface area contributed by atoms with Crippen LogP contribution in [0.2, 0.25) is 0 Å². The van der Waals surface area contributed by atoms with Gasteiger partial charge in [0.1, 0.15) is 11.1 Å². The highest BCUT2D eigenvalue weighted by Crippen LogP contribution is 2.51. The van der Waals surface area contributed by atoms with Crippen LogP contribution < -0.4 is 0 Å². The Kier molecular flexibility index (Phi) is 3.56. The molecule has 0 aromatic rings. The summed E-state index contributed by atoms with van der Waals surface area (Å²) in [4.78, 5) is 25.8. The average molecular weight is 273 g/mol. The van der Waals surface area contributed by atoms with Crippen LogP contribution in [0.5, 0.6) is 0 Å². The summed E-state index contributed by atoms with van der Waals surface area (Å²) < 4.78 is 0. The van der Waals surface area contributed by atoms with Gasteiger partial charge in [0.15, 0.2) is 0 Å². The van der Waals surface area contributed by atoms with Gasteiger partial charge in [-0.05, 0) is 13.3 Å². The highest BCUT2D eigenvalue weighted by Gasteiger charge is 2.56. The molecule has 3 atom stereocenters. The number of β-lactam (4-membered cyclic amide) rings is 1. The van der Waals surface area contributed by atoms with Crippen molar-refractivity contribution in [2.45, 2.75) is 38.2 Å². The van der Waals surface area contributed by atoms with Gasteiger partial charge in [0, 0.05) is 4.91 Å². The van der Waals surface area contributed by atoms with Crippen LogP contribution in [0.3, 0.4) is 0 Å². The second-order valence-corrected chi connectivity index (χ2v) is 5.93. The van der Waals surface area contributed by atoms with E-state index in [0.717, 1.165) is 17.7 Å². The van der Waals surface area contributed by atoms with E-state index in [0.29, 0.717) is 5.70 Å². The summed E-state index contributed by atoms with van der Waals surface area (Å²) in [6.45, 7) is 3.64. The molecule has 1 amide bonds. The molecule has 0 aromatic heterocycles. The Morgan fingerprint density at radius 1 is 1.65 bits per heavy atom. The van der Waals surface area contributed by atoms with Crippen LogP contribution in [0.25, 0.3) is 0 Å². The Hall–Kier alpha value is -0.460. The minimum absolute atomic E-state index is 0.116. The molecule has 94 valence electrons. The number of aliphatic hydroxyl groups is 1. The van der Waals surface area contributed by atoms with E-state index in [1.807, 2.05) is 6.92 Å². The van der Waals surface area contributed by atoms with Gasteiger partial charge in [-0.15, -0.1) is 11.8 Å². The normalized spacial score (nSPS) is 29.2. The Morgan fingerprint density at radius 3 is 2.76 bits per heavy atom. The van der Waals surface area contributed by atoms with Crippen molar-refractivity contribution in [3.05, 3.63) is 10.6 Å². The SMILES string of the molecule is CCCC1=C(C(=O)S)N2C(=O)[C@@H]([C@H](C)O)[C@H]2S1. The zero-order valence-corrected chi connectivity index (χ0v) is 11.4. The second kappa shape index (κ2) is 4.66. The number of allylic oxidation sites excluding steroid dienone is 1.